The van der Waals surface area contributed by atoms with Crippen molar-refractivity contribution in [1.82, 2.24) is 19.6 Å². The Balaban J connectivity index is 0.000000162. The Labute approximate surface area is 166 Å². The van der Waals surface area contributed by atoms with Gasteiger partial charge in [0, 0.05) is 46.4 Å². The van der Waals surface area contributed by atoms with Crippen molar-refractivity contribution in [3.05, 3.63) is 28.2 Å². The fraction of sp³-hybridized carbons (Fsp3) is 0.667. The van der Waals surface area contributed by atoms with Crippen LogP contribution in [0, 0.1) is 0 Å². The molecular formula is C21H33N5O2. The van der Waals surface area contributed by atoms with Crippen molar-refractivity contribution in [1.29, 1.82) is 0 Å². The summed E-state index contributed by atoms with van der Waals surface area (Å²) < 4.78 is 3.89. The van der Waals surface area contributed by atoms with Crippen LogP contribution in [0.3, 0.4) is 0 Å². The van der Waals surface area contributed by atoms with Crippen LogP contribution in [-0.4, -0.2) is 30.6 Å². The molecule has 0 saturated carbocycles. The highest BCUT2D eigenvalue weighted by Crippen LogP contribution is 2.41. The molecule has 3 N–H and O–H groups in total. The van der Waals surface area contributed by atoms with Gasteiger partial charge in [0.1, 0.15) is 5.82 Å². The van der Waals surface area contributed by atoms with Crippen LogP contribution in [0.4, 0.5) is 5.82 Å². The van der Waals surface area contributed by atoms with E-state index < -0.39 is 5.97 Å². The monoisotopic (exact) mass is 387 g/mol. The van der Waals surface area contributed by atoms with Crippen molar-refractivity contribution in [3.63, 3.8) is 0 Å². The number of aromatic nitrogens is 4. The van der Waals surface area contributed by atoms with Crippen LogP contribution in [0.25, 0.3) is 0 Å². The van der Waals surface area contributed by atoms with Crippen LogP contribution in [0.5, 0.6) is 0 Å². The lowest BCUT2D eigenvalue weighted by Gasteiger charge is -2.19. The molecule has 28 heavy (non-hydrogen) atoms. The molecule has 2 heterocycles. The number of nitrogens with zero attached hydrogens (tertiary/aromatic N) is 4. The number of nitrogen functional groups attached to an aromatic ring is 1. The Hall–Kier alpha value is -2.31. The molecule has 154 valence electrons. The third-order valence-corrected chi connectivity index (χ3v) is 6.22. The largest absolute Gasteiger partial charge is 0.476 e. The van der Waals surface area contributed by atoms with Gasteiger partial charge in [-0.15, -0.1) is 0 Å². The van der Waals surface area contributed by atoms with Crippen LogP contribution >= 0.6 is 0 Å². The third kappa shape index (κ3) is 3.20. The Morgan fingerprint density at radius 1 is 0.964 bits per heavy atom. The highest BCUT2D eigenvalue weighted by Gasteiger charge is 2.38. The SMILES string of the molecule is CCn1nc(C(=O)O)c2c1C(C)(C)CC2.CCn1nc(N)c2c1C(C)(C)CC2. The van der Waals surface area contributed by atoms with E-state index >= 15 is 0 Å². The molecule has 2 aliphatic carbocycles. The molecule has 2 aromatic heterocycles. The average Bonchev–Trinajstić information content (AvgIpc) is 3.32. The summed E-state index contributed by atoms with van der Waals surface area (Å²) in [5.41, 5.74) is 11.1. The van der Waals surface area contributed by atoms with E-state index in [1.54, 1.807) is 0 Å². The van der Waals surface area contributed by atoms with Crippen LogP contribution < -0.4 is 5.73 Å². The molecular weight excluding hydrogens is 354 g/mol. The van der Waals surface area contributed by atoms with Crippen molar-refractivity contribution >= 4 is 11.8 Å². The maximum Gasteiger partial charge on any atom is 0.356 e. The zero-order valence-electron chi connectivity index (χ0n) is 18.0. The third-order valence-electron chi connectivity index (χ3n) is 6.22. The topological polar surface area (TPSA) is 99.0 Å². The number of aromatic carboxylic acids is 1. The minimum atomic E-state index is -0.906. The lowest BCUT2D eigenvalue weighted by molar-refractivity contribution is 0.0688. The average molecular weight is 388 g/mol. The van der Waals surface area contributed by atoms with Gasteiger partial charge >= 0.3 is 5.97 Å². The molecule has 7 nitrogen and oxygen atoms in total. The molecule has 0 unspecified atom stereocenters. The van der Waals surface area contributed by atoms with Crippen molar-refractivity contribution in [2.75, 3.05) is 5.73 Å². The predicted molar refractivity (Wildman–Crippen MR) is 110 cm³/mol. The number of fused-ring (bicyclic) bond motifs is 2. The van der Waals surface area contributed by atoms with Gasteiger partial charge in [-0.05, 0) is 39.5 Å². The van der Waals surface area contributed by atoms with Gasteiger partial charge in [0.05, 0.1) is 0 Å². The van der Waals surface area contributed by atoms with Gasteiger partial charge in [-0.2, -0.15) is 10.2 Å². The molecule has 2 aliphatic rings. The fourth-order valence-corrected chi connectivity index (χ4v) is 4.76. The molecule has 0 radical (unpaired) electrons. The van der Waals surface area contributed by atoms with Crippen LogP contribution in [-0.2, 0) is 36.8 Å². The lowest BCUT2D eigenvalue weighted by atomic mass is 9.90. The number of aryl methyl sites for hydroxylation is 2. The summed E-state index contributed by atoms with van der Waals surface area (Å²) in [5, 5.41) is 17.6. The second-order valence-electron chi connectivity index (χ2n) is 9.09. The van der Waals surface area contributed by atoms with Crippen molar-refractivity contribution in [2.24, 2.45) is 0 Å². The molecule has 0 amide bonds. The minimum Gasteiger partial charge on any atom is -0.476 e. The summed E-state index contributed by atoms with van der Waals surface area (Å²) in [6.45, 7) is 14.6. The van der Waals surface area contributed by atoms with E-state index in [1.807, 2.05) is 11.6 Å². The van der Waals surface area contributed by atoms with Crippen LogP contribution in [0.1, 0.15) is 87.4 Å². The minimum absolute atomic E-state index is 0.0616. The summed E-state index contributed by atoms with van der Waals surface area (Å²) in [7, 11) is 0. The first-order valence-electron chi connectivity index (χ1n) is 10.2. The highest BCUT2D eigenvalue weighted by molar-refractivity contribution is 5.87. The smallest absolute Gasteiger partial charge is 0.356 e. The molecule has 0 aromatic carbocycles. The van der Waals surface area contributed by atoms with E-state index in [4.69, 9.17) is 10.8 Å². The summed E-state index contributed by atoms with van der Waals surface area (Å²) in [5.74, 6) is -0.168. The molecule has 0 atom stereocenters. The molecule has 7 heteroatoms. The molecule has 0 spiro atoms. The fourth-order valence-electron chi connectivity index (χ4n) is 4.76. The van der Waals surface area contributed by atoms with Crippen molar-refractivity contribution < 1.29 is 9.90 Å². The standard InChI is InChI=1S/C11H16N2O2.C10H17N3/c1-4-13-9-7(5-6-11(9,2)3)8(12-13)10(14)15;1-4-13-8-7(9(11)12-13)5-6-10(8,2)3/h4-6H2,1-3H3,(H,14,15);4-6H2,1-3H3,(H2,11,12). The van der Waals surface area contributed by atoms with E-state index in [1.165, 1.54) is 17.7 Å². The van der Waals surface area contributed by atoms with Gasteiger partial charge in [-0.25, -0.2) is 4.79 Å². The molecule has 0 saturated heterocycles. The molecule has 0 bridgehead atoms. The molecule has 4 rings (SSSR count). The highest BCUT2D eigenvalue weighted by atomic mass is 16.4. The van der Waals surface area contributed by atoms with E-state index in [-0.39, 0.29) is 16.5 Å². The maximum atomic E-state index is 11.0. The van der Waals surface area contributed by atoms with Gasteiger partial charge in [0.15, 0.2) is 5.69 Å². The number of rotatable bonds is 3. The zero-order chi connectivity index (χ0) is 20.9. The van der Waals surface area contributed by atoms with Gasteiger partial charge in [0.2, 0.25) is 0 Å². The molecule has 2 aromatic rings. The molecule has 0 fully saturated rings. The first kappa shape index (κ1) is 20.4. The van der Waals surface area contributed by atoms with E-state index in [0.29, 0.717) is 0 Å². The Morgan fingerprint density at radius 3 is 1.93 bits per heavy atom. The zero-order valence-corrected chi connectivity index (χ0v) is 18.0. The first-order chi connectivity index (χ1) is 13.0. The number of anilines is 1. The van der Waals surface area contributed by atoms with Gasteiger partial charge in [-0.1, -0.05) is 27.7 Å². The van der Waals surface area contributed by atoms with Gasteiger partial charge < -0.3 is 10.8 Å². The van der Waals surface area contributed by atoms with Crippen LogP contribution in [0.2, 0.25) is 0 Å². The normalized spacial score (nSPS) is 18.4. The number of nitrogens with two attached hydrogens (primary N) is 1. The van der Waals surface area contributed by atoms with Gasteiger partial charge in [0.25, 0.3) is 0 Å². The van der Waals surface area contributed by atoms with Crippen molar-refractivity contribution in [2.45, 2.75) is 91.1 Å². The number of hydrogen-bond donors (Lipinski definition) is 2. The maximum absolute atomic E-state index is 11.0. The first-order valence-corrected chi connectivity index (χ1v) is 10.2. The van der Waals surface area contributed by atoms with E-state index in [2.05, 4.69) is 49.5 Å². The summed E-state index contributed by atoms with van der Waals surface area (Å²) in [6, 6.07) is 0. The number of carboxylic acids is 1. The number of hydrogen-bond acceptors (Lipinski definition) is 4. The Kier molecular flexibility index (Phi) is 5.06. The number of carbonyl (C=O) groups is 1. The van der Waals surface area contributed by atoms with Crippen molar-refractivity contribution in [3.8, 4) is 0 Å². The summed E-state index contributed by atoms with van der Waals surface area (Å²) in [6.07, 6.45) is 4.14. The second-order valence-corrected chi connectivity index (χ2v) is 9.09. The summed E-state index contributed by atoms with van der Waals surface area (Å²) >= 11 is 0. The summed E-state index contributed by atoms with van der Waals surface area (Å²) in [4.78, 5) is 11.0. The Bertz CT molecular complexity index is 905. The quantitative estimate of drug-likeness (QED) is 0.839. The van der Waals surface area contributed by atoms with Crippen LogP contribution in [0.15, 0.2) is 0 Å². The van der Waals surface area contributed by atoms with Gasteiger partial charge in [-0.3, -0.25) is 9.36 Å². The van der Waals surface area contributed by atoms with E-state index in [9.17, 15) is 4.79 Å². The van der Waals surface area contributed by atoms with E-state index in [0.717, 1.165) is 49.4 Å². The number of carboxylic acid groups (broad SMARTS) is 1. The predicted octanol–water partition coefficient (Wildman–Crippen LogP) is 3.53. The Morgan fingerprint density at radius 2 is 1.43 bits per heavy atom. The molecule has 0 aliphatic heterocycles. The second kappa shape index (κ2) is 6.94. The lowest BCUT2D eigenvalue weighted by Crippen LogP contribution is -2.18.